The third-order valence-corrected chi connectivity index (χ3v) is 5.77. The molecule has 0 atom stereocenters. The SMILES string of the molecule is CCCCCCc1cc(CCCCCC)cc(-c2cc[c-]c(-c3ccccn3)c2)c1.[Ir]. The van der Waals surface area contributed by atoms with Crippen LogP contribution in [0.1, 0.15) is 76.3 Å². The Balaban J connectivity index is 0.00000341. The van der Waals surface area contributed by atoms with Crippen molar-refractivity contribution >= 4 is 0 Å². The Labute approximate surface area is 203 Å². The van der Waals surface area contributed by atoms with Crippen LogP contribution in [0.15, 0.2) is 60.8 Å². The Hall–Kier alpha value is -1.76. The second-order valence-electron chi connectivity index (χ2n) is 8.37. The molecule has 1 nitrogen and oxygen atoms in total. The van der Waals surface area contributed by atoms with E-state index in [0.717, 1.165) is 11.3 Å². The summed E-state index contributed by atoms with van der Waals surface area (Å²) >= 11 is 0. The molecule has 0 fully saturated rings. The molecule has 0 saturated heterocycles. The maximum Gasteiger partial charge on any atom is 0.0160 e. The zero-order valence-electron chi connectivity index (χ0n) is 19.1. The van der Waals surface area contributed by atoms with Crippen molar-refractivity contribution in [3.05, 3.63) is 78.0 Å². The molecule has 0 aliphatic carbocycles. The second kappa shape index (κ2) is 14.3. The number of pyridine rings is 1. The molecule has 0 spiro atoms. The summed E-state index contributed by atoms with van der Waals surface area (Å²) in [5.74, 6) is 0. The van der Waals surface area contributed by atoms with Crippen LogP contribution in [-0.4, -0.2) is 4.98 Å². The molecule has 0 saturated carbocycles. The minimum atomic E-state index is 0. The number of aromatic nitrogens is 1. The molecule has 0 unspecified atom stereocenters. The van der Waals surface area contributed by atoms with Crippen molar-refractivity contribution in [2.45, 2.75) is 78.1 Å². The van der Waals surface area contributed by atoms with Gasteiger partial charge in [-0.3, -0.25) is 0 Å². The molecule has 1 radical (unpaired) electrons. The van der Waals surface area contributed by atoms with Gasteiger partial charge in [0, 0.05) is 26.3 Å². The fourth-order valence-electron chi connectivity index (χ4n) is 4.05. The first-order valence-electron chi connectivity index (χ1n) is 11.9. The van der Waals surface area contributed by atoms with Gasteiger partial charge in [0.1, 0.15) is 0 Å². The fraction of sp³-hybridized carbons (Fsp3) is 0.414. The standard InChI is InChI=1S/C29H36N.Ir/c1-3-5-7-9-14-24-20-25(15-10-8-6-4-2)22-28(21-24)26-16-13-17-27(23-26)29-18-11-12-19-30-29;/h11-13,16,18-23H,3-10,14-15H2,1-2H3;/q-1;. The summed E-state index contributed by atoms with van der Waals surface area (Å²) in [6, 6.07) is 23.1. The number of aryl methyl sites for hydroxylation is 2. The van der Waals surface area contributed by atoms with Crippen molar-refractivity contribution in [3.8, 4) is 22.4 Å². The Morgan fingerprint density at radius 1 is 0.710 bits per heavy atom. The first-order chi connectivity index (χ1) is 14.8. The van der Waals surface area contributed by atoms with Crippen molar-refractivity contribution in [2.24, 2.45) is 0 Å². The van der Waals surface area contributed by atoms with Gasteiger partial charge in [0.2, 0.25) is 0 Å². The average Bonchev–Trinajstić information content (AvgIpc) is 2.80. The van der Waals surface area contributed by atoms with Gasteiger partial charge in [-0.1, -0.05) is 82.7 Å². The summed E-state index contributed by atoms with van der Waals surface area (Å²) in [7, 11) is 0. The van der Waals surface area contributed by atoms with Crippen LogP contribution >= 0.6 is 0 Å². The van der Waals surface area contributed by atoms with Crippen molar-refractivity contribution in [1.29, 1.82) is 0 Å². The zero-order chi connectivity index (χ0) is 21.0. The molecule has 0 amide bonds. The van der Waals surface area contributed by atoms with Crippen molar-refractivity contribution in [1.82, 2.24) is 4.98 Å². The summed E-state index contributed by atoms with van der Waals surface area (Å²) in [5, 5.41) is 0. The molecule has 1 aromatic heterocycles. The molecule has 0 bridgehead atoms. The van der Waals surface area contributed by atoms with E-state index in [1.807, 2.05) is 24.4 Å². The molecule has 2 aromatic carbocycles. The molecule has 31 heavy (non-hydrogen) atoms. The van der Waals surface area contributed by atoms with Gasteiger partial charge in [-0.15, -0.1) is 35.4 Å². The van der Waals surface area contributed by atoms with Crippen molar-refractivity contribution < 1.29 is 20.1 Å². The van der Waals surface area contributed by atoms with E-state index in [1.165, 1.54) is 86.5 Å². The third kappa shape index (κ3) is 8.36. The summed E-state index contributed by atoms with van der Waals surface area (Å²) in [4.78, 5) is 4.50. The van der Waals surface area contributed by atoms with Gasteiger partial charge in [-0.25, -0.2) is 0 Å². The maximum atomic E-state index is 4.50. The Bertz CT molecular complexity index is 858. The average molecular weight is 591 g/mol. The first-order valence-corrected chi connectivity index (χ1v) is 11.9. The molecular formula is C29H36IrN-. The molecule has 1 heterocycles. The molecule has 0 aliphatic rings. The number of unbranched alkanes of at least 4 members (excludes halogenated alkanes) is 6. The van der Waals surface area contributed by atoms with Crippen LogP contribution in [0.25, 0.3) is 22.4 Å². The van der Waals surface area contributed by atoms with Gasteiger partial charge >= 0.3 is 0 Å². The summed E-state index contributed by atoms with van der Waals surface area (Å²) in [5.41, 5.74) is 7.61. The van der Waals surface area contributed by atoms with Crippen LogP contribution in [0.2, 0.25) is 0 Å². The van der Waals surface area contributed by atoms with Gasteiger partial charge in [-0.2, -0.15) is 0 Å². The molecule has 3 rings (SSSR count). The predicted octanol–water partition coefficient (Wildman–Crippen LogP) is 8.46. The quantitative estimate of drug-likeness (QED) is 0.152. The van der Waals surface area contributed by atoms with E-state index in [9.17, 15) is 0 Å². The van der Waals surface area contributed by atoms with E-state index in [1.54, 1.807) is 0 Å². The Morgan fingerprint density at radius 3 is 1.97 bits per heavy atom. The molecule has 2 heteroatoms. The van der Waals surface area contributed by atoms with E-state index in [4.69, 9.17) is 0 Å². The van der Waals surface area contributed by atoms with Gasteiger partial charge in [0.05, 0.1) is 0 Å². The van der Waals surface area contributed by atoms with E-state index in [-0.39, 0.29) is 20.1 Å². The van der Waals surface area contributed by atoms with Gasteiger partial charge in [0.25, 0.3) is 0 Å². The smallest absolute Gasteiger partial charge is 0.0160 e. The monoisotopic (exact) mass is 591 g/mol. The van der Waals surface area contributed by atoms with Crippen LogP contribution in [-0.2, 0) is 32.9 Å². The minimum absolute atomic E-state index is 0. The molecule has 0 N–H and O–H groups in total. The van der Waals surface area contributed by atoms with Crippen LogP contribution in [0.3, 0.4) is 0 Å². The zero-order valence-corrected chi connectivity index (χ0v) is 21.5. The summed E-state index contributed by atoms with van der Waals surface area (Å²) in [6.45, 7) is 4.56. The number of nitrogens with zero attached hydrogens (tertiary/aromatic N) is 1. The van der Waals surface area contributed by atoms with E-state index < -0.39 is 0 Å². The molecule has 3 aromatic rings. The van der Waals surface area contributed by atoms with Crippen LogP contribution in [0, 0.1) is 6.07 Å². The number of hydrogen-bond donors (Lipinski definition) is 0. The molecule has 167 valence electrons. The third-order valence-electron chi connectivity index (χ3n) is 5.77. The normalized spacial score (nSPS) is 10.6. The number of rotatable bonds is 12. The first kappa shape index (κ1) is 25.5. The van der Waals surface area contributed by atoms with Crippen LogP contribution < -0.4 is 0 Å². The van der Waals surface area contributed by atoms with Gasteiger partial charge in [0.15, 0.2) is 0 Å². The van der Waals surface area contributed by atoms with E-state index in [0.29, 0.717) is 0 Å². The topological polar surface area (TPSA) is 12.9 Å². The fourth-order valence-corrected chi connectivity index (χ4v) is 4.05. The largest absolute Gasteiger partial charge is 0.305 e. The number of hydrogen-bond acceptors (Lipinski definition) is 1. The Kier molecular flexibility index (Phi) is 11.8. The van der Waals surface area contributed by atoms with Crippen molar-refractivity contribution in [3.63, 3.8) is 0 Å². The molecule has 0 aliphatic heterocycles. The Morgan fingerprint density at radius 2 is 1.39 bits per heavy atom. The maximum absolute atomic E-state index is 4.50. The van der Waals surface area contributed by atoms with Gasteiger partial charge in [-0.05, 0) is 54.1 Å². The summed E-state index contributed by atoms with van der Waals surface area (Å²) in [6.07, 6.45) is 14.7. The van der Waals surface area contributed by atoms with Crippen LogP contribution in [0.5, 0.6) is 0 Å². The number of benzene rings is 2. The van der Waals surface area contributed by atoms with Crippen LogP contribution in [0.4, 0.5) is 0 Å². The summed E-state index contributed by atoms with van der Waals surface area (Å²) < 4.78 is 0. The minimum Gasteiger partial charge on any atom is -0.305 e. The molecular weight excluding hydrogens is 555 g/mol. The predicted molar refractivity (Wildman–Crippen MR) is 130 cm³/mol. The van der Waals surface area contributed by atoms with Crippen molar-refractivity contribution in [2.75, 3.05) is 0 Å². The van der Waals surface area contributed by atoms with E-state index in [2.05, 4.69) is 61.3 Å². The second-order valence-corrected chi connectivity index (χ2v) is 8.37. The van der Waals surface area contributed by atoms with Gasteiger partial charge < -0.3 is 4.98 Å². The van der Waals surface area contributed by atoms with E-state index >= 15 is 0 Å².